The molecule has 5 heteroatoms. The Balaban J connectivity index is 1.85. The summed E-state index contributed by atoms with van der Waals surface area (Å²) >= 11 is 7.40. The molecule has 0 unspecified atom stereocenters. The largest absolute Gasteiger partial charge is 0.486 e. The SMILES string of the molecule is Clc1cccc(Sc2ccc3c(c2)OCCO3)n1. The van der Waals surface area contributed by atoms with Crippen LogP contribution in [0, 0.1) is 0 Å². The highest BCUT2D eigenvalue weighted by Crippen LogP contribution is 2.36. The van der Waals surface area contributed by atoms with Gasteiger partial charge < -0.3 is 9.47 Å². The summed E-state index contributed by atoms with van der Waals surface area (Å²) in [7, 11) is 0. The Kier molecular flexibility index (Phi) is 3.30. The summed E-state index contributed by atoms with van der Waals surface area (Å²) in [6.45, 7) is 1.20. The topological polar surface area (TPSA) is 31.4 Å². The number of ether oxygens (including phenoxy) is 2. The van der Waals surface area contributed by atoms with E-state index in [1.165, 1.54) is 0 Å². The summed E-state index contributed by atoms with van der Waals surface area (Å²) in [6.07, 6.45) is 0. The highest BCUT2D eigenvalue weighted by atomic mass is 35.5. The smallest absolute Gasteiger partial charge is 0.162 e. The summed E-state index contributed by atoms with van der Waals surface area (Å²) in [5.74, 6) is 1.58. The molecule has 18 heavy (non-hydrogen) atoms. The van der Waals surface area contributed by atoms with Gasteiger partial charge in [-0.1, -0.05) is 29.4 Å². The average molecular weight is 280 g/mol. The van der Waals surface area contributed by atoms with Crippen molar-refractivity contribution in [3.05, 3.63) is 41.6 Å². The monoisotopic (exact) mass is 279 g/mol. The molecule has 2 aromatic rings. The molecule has 0 saturated carbocycles. The fourth-order valence-corrected chi connectivity index (χ4v) is 2.70. The first kappa shape index (κ1) is 11.7. The van der Waals surface area contributed by atoms with Crippen molar-refractivity contribution in [3.8, 4) is 11.5 Å². The molecule has 1 aromatic carbocycles. The normalized spacial score (nSPS) is 13.4. The van der Waals surface area contributed by atoms with Crippen molar-refractivity contribution in [2.45, 2.75) is 9.92 Å². The summed E-state index contributed by atoms with van der Waals surface area (Å²) in [6, 6.07) is 11.4. The zero-order valence-corrected chi connectivity index (χ0v) is 11.0. The van der Waals surface area contributed by atoms with Crippen molar-refractivity contribution in [3.63, 3.8) is 0 Å². The van der Waals surface area contributed by atoms with Crippen LogP contribution in [-0.2, 0) is 0 Å². The second-order valence-corrected chi connectivity index (χ2v) is 5.19. The van der Waals surface area contributed by atoms with Gasteiger partial charge in [-0.25, -0.2) is 4.98 Å². The number of rotatable bonds is 2. The molecule has 0 radical (unpaired) electrons. The van der Waals surface area contributed by atoms with Crippen molar-refractivity contribution in [2.75, 3.05) is 13.2 Å². The fourth-order valence-electron chi connectivity index (χ4n) is 1.65. The van der Waals surface area contributed by atoms with Gasteiger partial charge in [-0.05, 0) is 30.3 Å². The molecule has 2 heterocycles. The van der Waals surface area contributed by atoms with Crippen LogP contribution in [0.15, 0.2) is 46.3 Å². The average Bonchev–Trinajstić information content (AvgIpc) is 2.39. The number of nitrogens with zero attached hydrogens (tertiary/aromatic N) is 1. The van der Waals surface area contributed by atoms with Gasteiger partial charge in [0.05, 0.1) is 0 Å². The van der Waals surface area contributed by atoms with Gasteiger partial charge >= 0.3 is 0 Å². The van der Waals surface area contributed by atoms with Crippen molar-refractivity contribution in [1.29, 1.82) is 0 Å². The Morgan fingerprint density at radius 2 is 1.89 bits per heavy atom. The minimum absolute atomic E-state index is 0.498. The van der Waals surface area contributed by atoms with Crippen LogP contribution in [0.4, 0.5) is 0 Å². The van der Waals surface area contributed by atoms with Crippen molar-refractivity contribution in [1.82, 2.24) is 4.98 Å². The lowest BCUT2D eigenvalue weighted by atomic mass is 10.3. The highest BCUT2D eigenvalue weighted by molar-refractivity contribution is 7.99. The predicted molar refractivity (Wildman–Crippen MR) is 70.8 cm³/mol. The molecule has 0 atom stereocenters. The van der Waals surface area contributed by atoms with Crippen LogP contribution in [0.3, 0.4) is 0 Å². The summed E-state index contributed by atoms with van der Waals surface area (Å²) in [4.78, 5) is 5.29. The molecule has 0 saturated heterocycles. The molecule has 1 aromatic heterocycles. The molecule has 0 N–H and O–H groups in total. The van der Waals surface area contributed by atoms with E-state index in [0.29, 0.717) is 18.4 Å². The Bertz CT molecular complexity index is 577. The lowest BCUT2D eigenvalue weighted by Gasteiger charge is -2.18. The fraction of sp³-hybridized carbons (Fsp3) is 0.154. The Labute approximate surface area is 114 Å². The van der Waals surface area contributed by atoms with E-state index in [4.69, 9.17) is 21.1 Å². The summed E-state index contributed by atoms with van der Waals surface area (Å²) in [5, 5.41) is 1.36. The molecular formula is C13H10ClNO2S. The molecule has 3 nitrogen and oxygen atoms in total. The van der Waals surface area contributed by atoms with E-state index in [0.717, 1.165) is 21.4 Å². The van der Waals surface area contributed by atoms with Crippen molar-refractivity contribution < 1.29 is 9.47 Å². The first-order valence-corrected chi connectivity index (χ1v) is 6.71. The van der Waals surface area contributed by atoms with Crippen LogP contribution in [-0.4, -0.2) is 18.2 Å². The number of aromatic nitrogens is 1. The maximum absolute atomic E-state index is 5.86. The first-order chi connectivity index (χ1) is 8.81. The molecule has 0 spiro atoms. The van der Waals surface area contributed by atoms with Crippen LogP contribution in [0.25, 0.3) is 0 Å². The quantitative estimate of drug-likeness (QED) is 0.785. The molecule has 0 fully saturated rings. The van der Waals surface area contributed by atoms with Gasteiger partial charge in [0.2, 0.25) is 0 Å². The van der Waals surface area contributed by atoms with E-state index >= 15 is 0 Å². The number of halogens is 1. The van der Waals surface area contributed by atoms with E-state index in [1.54, 1.807) is 17.8 Å². The molecule has 0 bridgehead atoms. The molecule has 0 aliphatic carbocycles. The third-order valence-electron chi connectivity index (χ3n) is 2.43. The number of pyridine rings is 1. The summed E-state index contributed by atoms with van der Waals surface area (Å²) in [5.41, 5.74) is 0. The lowest BCUT2D eigenvalue weighted by molar-refractivity contribution is 0.171. The van der Waals surface area contributed by atoms with Crippen LogP contribution >= 0.6 is 23.4 Å². The standard InChI is InChI=1S/C13H10ClNO2S/c14-12-2-1-3-13(15-12)18-9-4-5-10-11(8-9)17-7-6-16-10/h1-5,8H,6-7H2. The molecule has 0 amide bonds. The minimum Gasteiger partial charge on any atom is -0.486 e. The van der Waals surface area contributed by atoms with Gasteiger partial charge in [-0.15, -0.1) is 0 Å². The lowest BCUT2D eigenvalue weighted by Crippen LogP contribution is -2.15. The molecule has 1 aliphatic heterocycles. The molecule has 3 rings (SSSR count). The van der Waals surface area contributed by atoms with Gasteiger partial charge in [-0.2, -0.15) is 0 Å². The zero-order chi connectivity index (χ0) is 12.4. The van der Waals surface area contributed by atoms with E-state index in [9.17, 15) is 0 Å². The summed E-state index contributed by atoms with van der Waals surface area (Å²) < 4.78 is 11.0. The third kappa shape index (κ3) is 2.54. The predicted octanol–water partition coefficient (Wildman–Crippen LogP) is 3.66. The van der Waals surface area contributed by atoms with Crippen LogP contribution in [0.5, 0.6) is 11.5 Å². The maximum Gasteiger partial charge on any atom is 0.162 e. The van der Waals surface area contributed by atoms with Crippen molar-refractivity contribution >= 4 is 23.4 Å². The Hall–Kier alpha value is -1.39. The number of fused-ring (bicyclic) bond motifs is 1. The van der Waals surface area contributed by atoms with Gasteiger partial charge in [0.1, 0.15) is 23.4 Å². The van der Waals surface area contributed by atoms with E-state index in [1.807, 2.05) is 30.3 Å². The highest BCUT2D eigenvalue weighted by Gasteiger charge is 2.12. The second-order valence-electron chi connectivity index (χ2n) is 3.71. The van der Waals surface area contributed by atoms with Crippen molar-refractivity contribution in [2.24, 2.45) is 0 Å². The Morgan fingerprint density at radius 1 is 1.06 bits per heavy atom. The number of hydrogen-bond acceptors (Lipinski definition) is 4. The second kappa shape index (κ2) is 5.08. The first-order valence-electron chi connectivity index (χ1n) is 5.51. The minimum atomic E-state index is 0.498. The van der Waals surface area contributed by atoms with Gasteiger partial charge in [0.25, 0.3) is 0 Å². The van der Waals surface area contributed by atoms with E-state index in [-0.39, 0.29) is 0 Å². The molecular weight excluding hydrogens is 270 g/mol. The van der Waals surface area contributed by atoms with Crippen LogP contribution < -0.4 is 9.47 Å². The van der Waals surface area contributed by atoms with Crippen LogP contribution in [0.1, 0.15) is 0 Å². The van der Waals surface area contributed by atoms with Crippen LogP contribution in [0.2, 0.25) is 5.15 Å². The zero-order valence-electron chi connectivity index (χ0n) is 9.43. The number of hydrogen-bond donors (Lipinski definition) is 0. The van der Waals surface area contributed by atoms with Gasteiger partial charge in [0.15, 0.2) is 11.5 Å². The van der Waals surface area contributed by atoms with Gasteiger partial charge in [0, 0.05) is 4.90 Å². The maximum atomic E-state index is 5.86. The van der Waals surface area contributed by atoms with E-state index in [2.05, 4.69) is 4.98 Å². The van der Waals surface area contributed by atoms with E-state index < -0.39 is 0 Å². The molecule has 92 valence electrons. The third-order valence-corrected chi connectivity index (χ3v) is 3.56. The Morgan fingerprint density at radius 3 is 2.72 bits per heavy atom. The van der Waals surface area contributed by atoms with Gasteiger partial charge in [-0.3, -0.25) is 0 Å². The number of benzene rings is 1. The molecule has 1 aliphatic rings.